The van der Waals surface area contributed by atoms with Crippen LogP contribution in [0, 0.1) is 10.1 Å². The van der Waals surface area contributed by atoms with E-state index in [-0.39, 0.29) is 23.9 Å². The van der Waals surface area contributed by atoms with Crippen LogP contribution in [0.3, 0.4) is 0 Å². The van der Waals surface area contributed by atoms with Crippen molar-refractivity contribution < 1.29 is 18.1 Å². The maximum absolute atomic E-state index is 14.1. The summed E-state index contributed by atoms with van der Waals surface area (Å²) in [6.45, 7) is -0.0630. The van der Waals surface area contributed by atoms with E-state index in [0.717, 1.165) is 27.5 Å². The number of carbonyl (C=O) groups is 1. The Hall–Kier alpha value is -5.64. The van der Waals surface area contributed by atoms with Gasteiger partial charge in [0.2, 0.25) is 5.91 Å². The lowest BCUT2D eigenvalue weighted by molar-refractivity contribution is -0.387. The number of rotatable bonds is 11. The van der Waals surface area contributed by atoms with Crippen LogP contribution in [0.2, 0.25) is 0 Å². The van der Waals surface area contributed by atoms with Crippen LogP contribution < -0.4 is 5.32 Å². The minimum absolute atomic E-state index is 0.00987. The molecular formula is C38H31N3O5S. The molecule has 8 nitrogen and oxygen atoms in total. The van der Waals surface area contributed by atoms with Gasteiger partial charge < -0.3 is 5.32 Å². The topological polar surface area (TPSA) is 110 Å². The fraction of sp³-hybridized carbons (Fsp3) is 0.0789. The van der Waals surface area contributed by atoms with E-state index < -0.39 is 26.6 Å². The number of carbonyl (C=O) groups excluding carboxylic acids is 1. The SMILES string of the molecule is O=C(Nc1ccc(CN(Cc2cccc3ccccc23)S(=O)(=O)c2ccccc2[N+](=O)[O-])cc1)C(c1ccccc1)c1ccccc1. The van der Waals surface area contributed by atoms with Gasteiger partial charge in [0.05, 0.1) is 10.8 Å². The van der Waals surface area contributed by atoms with Gasteiger partial charge in [-0.25, -0.2) is 8.42 Å². The molecule has 6 rings (SSSR count). The summed E-state index contributed by atoms with van der Waals surface area (Å²) in [6, 6.07) is 44.8. The molecule has 0 saturated carbocycles. The van der Waals surface area contributed by atoms with Crippen LogP contribution in [0.4, 0.5) is 11.4 Å². The predicted molar refractivity (Wildman–Crippen MR) is 183 cm³/mol. The van der Waals surface area contributed by atoms with Gasteiger partial charge in [-0.05, 0) is 51.2 Å². The number of nitrogens with zero attached hydrogens (tertiary/aromatic N) is 2. The summed E-state index contributed by atoms with van der Waals surface area (Å²) in [5, 5.41) is 16.7. The first-order valence-electron chi connectivity index (χ1n) is 15.0. The van der Waals surface area contributed by atoms with E-state index >= 15 is 0 Å². The number of para-hydroxylation sites is 1. The van der Waals surface area contributed by atoms with Crippen LogP contribution >= 0.6 is 0 Å². The van der Waals surface area contributed by atoms with Crippen LogP contribution in [0.1, 0.15) is 28.2 Å². The highest BCUT2D eigenvalue weighted by atomic mass is 32.2. The van der Waals surface area contributed by atoms with Gasteiger partial charge >= 0.3 is 0 Å². The normalized spacial score (nSPS) is 11.5. The summed E-state index contributed by atoms with van der Waals surface area (Å²) in [6.07, 6.45) is 0. The van der Waals surface area contributed by atoms with E-state index in [1.54, 1.807) is 24.3 Å². The van der Waals surface area contributed by atoms with Crippen molar-refractivity contribution in [1.82, 2.24) is 4.31 Å². The molecule has 0 radical (unpaired) electrons. The smallest absolute Gasteiger partial charge is 0.289 e. The highest BCUT2D eigenvalue weighted by molar-refractivity contribution is 7.89. The standard InChI is InChI=1S/C38H31N3O5S/c42-38(37(30-13-3-1-4-14-30)31-15-5-2-6-16-31)39-33-24-22-28(23-25-33)26-40(27-32-18-11-17-29-12-7-8-19-34(29)32)47(45,46)36-21-10-9-20-35(36)41(43)44/h1-25,37H,26-27H2,(H,39,42). The molecule has 0 fully saturated rings. The molecule has 6 aromatic carbocycles. The molecule has 0 aliphatic rings. The molecule has 0 heterocycles. The third-order valence-electron chi connectivity index (χ3n) is 8.01. The summed E-state index contributed by atoms with van der Waals surface area (Å²) in [5.74, 6) is -0.730. The van der Waals surface area contributed by atoms with Gasteiger partial charge in [0.25, 0.3) is 15.7 Å². The van der Waals surface area contributed by atoms with Gasteiger partial charge in [0, 0.05) is 24.8 Å². The van der Waals surface area contributed by atoms with Crippen molar-refractivity contribution in [3.63, 3.8) is 0 Å². The molecule has 0 aliphatic heterocycles. The Balaban J connectivity index is 1.30. The summed E-state index contributed by atoms with van der Waals surface area (Å²) >= 11 is 0. The number of amides is 1. The number of nitro groups is 1. The first-order chi connectivity index (χ1) is 22.8. The Labute approximate surface area is 273 Å². The Kier molecular flexibility index (Phi) is 9.19. The summed E-state index contributed by atoms with van der Waals surface area (Å²) in [4.78, 5) is 24.4. The molecule has 234 valence electrons. The second-order valence-corrected chi connectivity index (χ2v) is 13.0. The zero-order valence-corrected chi connectivity index (χ0v) is 26.1. The minimum Gasteiger partial charge on any atom is -0.325 e. The third kappa shape index (κ3) is 6.96. The predicted octanol–water partition coefficient (Wildman–Crippen LogP) is 7.91. The van der Waals surface area contributed by atoms with Gasteiger partial charge in [-0.15, -0.1) is 0 Å². The fourth-order valence-corrected chi connectivity index (χ4v) is 7.27. The molecule has 0 aromatic heterocycles. The van der Waals surface area contributed by atoms with Crippen molar-refractivity contribution in [3.05, 3.63) is 184 Å². The Morgan fingerprint density at radius 1 is 0.681 bits per heavy atom. The van der Waals surface area contributed by atoms with E-state index in [2.05, 4.69) is 5.32 Å². The Morgan fingerprint density at radius 3 is 1.91 bits per heavy atom. The maximum atomic E-state index is 14.1. The van der Waals surface area contributed by atoms with E-state index in [1.165, 1.54) is 28.6 Å². The van der Waals surface area contributed by atoms with Crippen LogP contribution in [0.5, 0.6) is 0 Å². The molecule has 0 spiro atoms. The van der Waals surface area contributed by atoms with Gasteiger partial charge in [-0.2, -0.15) is 4.31 Å². The van der Waals surface area contributed by atoms with E-state index in [4.69, 9.17) is 0 Å². The first-order valence-corrected chi connectivity index (χ1v) is 16.5. The lowest BCUT2D eigenvalue weighted by atomic mass is 9.90. The average molecular weight is 642 g/mol. The largest absolute Gasteiger partial charge is 0.325 e. The molecule has 6 aromatic rings. The molecule has 1 N–H and O–H groups in total. The molecular weight excluding hydrogens is 611 g/mol. The fourth-order valence-electron chi connectivity index (χ4n) is 5.71. The summed E-state index contributed by atoms with van der Waals surface area (Å²) in [5.41, 5.74) is 3.20. The van der Waals surface area contributed by atoms with Gasteiger partial charge in [0.15, 0.2) is 4.90 Å². The van der Waals surface area contributed by atoms with E-state index in [9.17, 15) is 23.3 Å². The maximum Gasteiger partial charge on any atom is 0.289 e. The number of nitrogens with one attached hydrogen (secondary N) is 1. The second kappa shape index (κ2) is 13.8. The molecule has 47 heavy (non-hydrogen) atoms. The van der Waals surface area contributed by atoms with E-state index in [0.29, 0.717) is 11.3 Å². The van der Waals surface area contributed by atoms with Crippen LogP contribution in [0.25, 0.3) is 10.8 Å². The molecule has 0 aliphatic carbocycles. The number of anilines is 1. The molecule has 0 atom stereocenters. The Morgan fingerprint density at radius 2 is 1.26 bits per heavy atom. The van der Waals surface area contributed by atoms with Crippen LogP contribution in [-0.4, -0.2) is 23.6 Å². The lowest BCUT2D eigenvalue weighted by Gasteiger charge is -2.23. The van der Waals surface area contributed by atoms with Gasteiger partial charge in [-0.3, -0.25) is 14.9 Å². The van der Waals surface area contributed by atoms with Crippen molar-refractivity contribution in [2.24, 2.45) is 0 Å². The number of hydrogen-bond acceptors (Lipinski definition) is 5. The highest BCUT2D eigenvalue weighted by Gasteiger charge is 2.32. The molecule has 1 amide bonds. The van der Waals surface area contributed by atoms with Gasteiger partial charge in [0.1, 0.15) is 0 Å². The number of benzene rings is 6. The van der Waals surface area contributed by atoms with Crippen molar-refractivity contribution >= 4 is 38.1 Å². The number of sulfonamides is 1. The van der Waals surface area contributed by atoms with Crippen molar-refractivity contribution in [2.75, 3.05) is 5.32 Å². The zero-order chi connectivity index (χ0) is 32.8. The Bertz CT molecular complexity index is 2090. The van der Waals surface area contributed by atoms with Crippen molar-refractivity contribution in [3.8, 4) is 0 Å². The first kappa shape index (κ1) is 31.3. The highest BCUT2D eigenvalue weighted by Crippen LogP contribution is 2.31. The van der Waals surface area contributed by atoms with Crippen molar-refractivity contribution in [1.29, 1.82) is 0 Å². The quantitative estimate of drug-likeness (QED) is 0.114. The molecule has 9 heteroatoms. The lowest BCUT2D eigenvalue weighted by Crippen LogP contribution is -2.31. The third-order valence-corrected chi connectivity index (χ3v) is 9.85. The summed E-state index contributed by atoms with van der Waals surface area (Å²) in [7, 11) is -4.32. The van der Waals surface area contributed by atoms with Gasteiger partial charge in [-0.1, -0.05) is 127 Å². The van der Waals surface area contributed by atoms with Crippen molar-refractivity contribution in [2.45, 2.75) is 23.9 Å². The number of fused-ring (bicyclic) bond motifs is 1. The van der Waals surface area contributed by atoms with Crippen LogP contribution in [-0.2, 0) is 27.9 Å². The average Bonchev–Trinajstić information content (AvgIpc) is 3.10. The monoisotopic (exact) mass is 641 g/mol. The number of hydrogen-bond donors (Lipinski definition) is 1. The molecule has 0 saturated heterocycles. The second-order valence-electron chi connectivity index (χ2n) is 11.1. The zero-order valence-electron chi connectivity index (χ0n) is 25.3. The minimum atomic E-state index is -4.32. The molecule has 0 unspecified atom stereocenters. The van der Waals surface area contributed by atoms with Crippen LogP contribution in [0.15, 0.2) is 157 Å². The van der Waals surface area contributed by atoms with E-state index in [1.807, 2.05) is 103 Å². The molecule has 0 bridgehead atoms. The number of nitro benzene ring substituents is 1. The summed E-state index contributed by atoms with van der Waals surface area (Å²) < 4.78 is 29.5.